The molecule has 29 heavy (non-hydrogen) atoms. The fourth-order valence-corrected chi connectivity index (χ4v) is 4.34. The number of imidazole rings is 1. The molecule has 1 N–H and O–H groups in total. The van der Waals surface area contributed by atoms with E-state index in [0.29, 0.717) is 0 Å². The number of aryl methyl sites for hydroxylation is 3. The summed E-state index contributed by atoms with van der Waals surface area (Å²) in [5, 5.41) is 3.13. The van der Waals surface area contributed by atoms with Crippen LogP contribution in [0.5, 0.6) is 0 Å². The van der Waals surface area contributed by atoms with Gasteiger partial charge in [0.1, 0.15) is 5.82 Å². The largest absolute Gasteiger partial charge is 0.327 e. The molecule has 0 bridgehead atoms. The fraction of sp³-hybridized carbons (Fsp3) is 0.417. The van der Waals surface area contributed by atoms with Crippen LogP contribution in [0.25, 0.3) is 11.0 Å². The van der Waals surface area contributed by atoms with E-state index in [1.807, 2.05) is 25.1 Å². The number of likely N-dealkylation sites (tertiary alicyclic amines) is 1. The van der Waals surface area contributed by atoms with Gasteiger partial charge in [-0.15, -0.1) is 0 Å². The zero-order valence-corrected chi connectivity index (χ0v) is 17.6. The van der Waals surface area contributed by atoms with Crippen molar-refractivity contribution in [1.82, 2.24) is 14.5 Å². The summed E-state index contributed by atoms with van der Waals surface area (Å²) in [5.74, 6) is 1.35. The lowest BCUT2D eigenvalue weighted by Gasteiger charge is -2.31. The average Bonchev–Trinajstić information content (AvgIpc) is 3.07. The van der Waals surface area contributed by atoms with Crippen LogP contribution in [0.2, 0.25) is 0 Å². The molecule has 1 amide bonds. The summed E-state index contributed by atoms with van der Waals surface area (Å²) in [6.45, 7) is 9.90. The maximum atomic E-state index is 12.7. The van der Waals surface area contributed by atoms with Gasteiger partial charge in [-0.2, -0.15) is 0 Å². The smallest absolute Gasteiger partial charge is 0.227 e. The lowest BCUT2D eigenvalue weighted by atomic mass is 9.95. The monoisotopic (exact) mass is 390 g/mol. The van der Waals surface area contributed by atoms with E-state index < -0.39 is 0 Å². The zero-order chi connectivity index (χ0) is 20.4. The van der Waals surface area contributed by atoms with Gasteiger partial charge in [0.25, 0.3) is 0 Å². The fourth-order valence-electron chi connectivity index (χ4n) is 4.34. The third-order valence-electron chi connectivity index (χ3n) is 6.01. The van der Waals surface area contributed by atoms with Gasteiger partial charge in [-0.25, -0.2) is 4.98 Å². The molecule has 0 aliphatic carbocycles. The third kappa shape index (κ3) is 4.20. The maximum absolute atomic E-state index is 12.7. The molecule has 1 aliphatic heterocycles. The molecule has 1 fully saturated rings. The number of hydrogen-bond acceptors (Lipinski definition) is 3. The molecule has 4 rings (SSSR count). The van der Waals surface area contributed by atoms with Gasteiger partial charge in [0, 0.05) is 18.2 Å². The standard InChI is InChI=1S/C24H30N4O/c1-4-28-22-8-6-5-7-21(22)25-23(28)16-27-13-11-19(12-14-27)24(29)26-20-10-9-17(2)15-18(20)3/h5-10,15,19H,4,11-14,16H2,1-3H3,(H,26,29). The number of carbonyl (C=O) groups excluding carboxylic acids is 1. The molecule has 2 heterocycles. The molecule has 1 aromatic heterocycles. The van der Waals surface area contributed by atoms with Gasteiger partial charge in [-0.3, -0.25) is 9.69 Å². The highest BCUT2D eigenvalue weighted by Crippen LogP contribution is 2.24. The van der Waals surface area contributed by atoms with Crippen molar-refractivity contribution in [2.45, 2.75) is 46.7 Å². The minimum atomic E-state index is 0.0805. The minimum Gasteiger partial charge on any atom is -0.327 e. The SMILES string of the molecule is CCn1c(CN2CCC(C(=O)Nc3ccc(C)cc3C)CC2)nc2ccccc21. The number of benzene rings is 2. The van der Waals surface area contributed by atoms with E-state index in [2.05, 4.69) is 52.9 Å². The molecule has 0 unspecified atom stereocenters. The van der Waals surface area contributed by atoms with Gasteiger partial charge in [0.15, 0.2) is 0 Å². The van der Waals surface area contributed by atoms with Crippen LogP contribution >= 0.6 is 0 Å². The van der Waals surface area contributed by atoms with Crippen LogP contribution in [0.1, 0.15) is 36.7 Å². The van der Waals surface area contributed by atoms with Crippen molar-refractivity contribution in [2.75, 3.05) is 18.4 Å². The average molecular weight is 391 g/mol. The van der Waals surface area contributed by atoms with E-state index in [1.54, 1.807) is 0 Å². The number of para-hydroxylation sites is 2. The highest BCUT2D eigenvalue weighted by Gasteiger charge is 2.26. The second-order valence-electron chi connectivity index (χ2n) is 8.12. The summed E-state index contributed by atoms with van der Waals surface area (Å²) >= 11 is 0. The number of piperidine rings is 1. The van der Waals surface area contributed by atoms with Gasteiger partial charge < -0.3 is 9.88 Å². The summed E-state index contributed by atoms with van der Waals surface area (Å²) in [4.78, 5) is 20.0. The molecule has 3 aromatic rings. The highest BCUT2D eigenvalue weighted by atomic mass is 16.1. The Bertz CT molecular complexity index is 1010. The molecule has 0 saturated carbocycles. The lowest BCUT2D eigenvalue weighted by Crippen LogP contribution is -2.38. The predicted octanol–water partition coefficient (Wildman–Crippen LogP) is 4.52. The minimum absolute atomic E-state index is 0.0805. The van der Waals surface area contributed by atoms with Crippen molar-refractivity contribution in [2.24, 2.45) is 5.92 Å². The quantitative estimate of drug-likeness (QED) is 0.697. The van der Waals surface area contributed by atoms with Crippen molar-refractivity contribution < 1.29 is 4.79 Å². The number of hydrogen-bond donors (Lipinski definition) is 1. The summed E-state index contributed by atoms with van der Waals surface area (Å²) in [5.41, 5.74) is 5.53. The predicted molar refractivity (Wildman–Crippen MR) is 118 cm³/mol. The molecule has 5 nitrogen and oxygen atoms in total. The first-order valence-corrected chi connectivity index (χ1v) is 10.6. The van der Waals surface area contributed by atoms with Crippen molar-refractivity contribution >= 4 is 22.6 Å². The van der Waals surface area contributed by atoms with Gasteiger partial charge in [-0.05, 0) is 70.5 Å². The Morgan fingerprint density at radius 3 is 2.62 bits per heavy atom. The Morgan fingerprint density at radius 1 is 1.14 bits per heavy atom. The topological polar surface area (TPSA) is 50.2 Å². The van der Waals surface area contributed by atoms with Gasteiger partial charge in [0.05, 0.1) is 17.6 Å². The van der Waals surface area contributed by atoms with Crippen LogP contribution in [0, 0.1) is 19.8 Å². The lowest BCUT2D eigenvalue weighted by molar-refractivity contribution is -0.121. The Hall–Kier alpha value is -2.66. The molecule has 0 atom stereocenters. The normalized spacial score (nSPS) is 15.7. The van der Waals surface area contributed by atoms with E-state index in [4.69, 9.17) is 4.98 Å². The molecule has 1 saturated heterocycles. The first-order chi connectivity index (χ1) is 14.0. The molecule has 1 aliphatic rings. The highest BCUT2D eigenvalue weighted by molar-refractivity contribution is 5.93. The van der Waals surface area contributed by atoms with Crippen molar-refractivity contribution in [3.63, 3.8) is 0 Å². The maximum Gasteiger partial charge on any atom is 0.227 e. The van der Waals surface area contributed by atoms with Gasteiger partial charge in [0.2, 0.25) is 5.91 Å². The molecular formula is C24H30N4O. The Balaban J connectivity index is 1.36. The number of amides is 1. The second-order valence-corrected chi connectivity index (χ2v) is 8.12. The summed E-state index contributed by atoms with van der Waals surface area (Å²) < 4.78 is 2.30. The first-order valence-electron chi connectivity index (χ1n) is 10.6. The second kappa shape index (κ2) is 8.37. The molecule has 0 spiro atoms. The molecular weight excluding hydrogens is 360 g/mol. The molecule has 5 heteroatoms. The number of aromatic nitrogens is 2. The number of carbonyl (C=O) groups is 1. The summed E-state index contributed by atoms with van der Waals surface area (Å²) in [6.07, 6.45) is 1.78. The number of anilines is 1. The van der Waals surface area contributed by atoms with E-state index in [9.17, 15) is 4.79 Å². The van der Waals surface area contributed by atoms with Gasteiger partial charge >= 0.3 is 0 Å². The van der Waals surface area contributed by atoms with Crippen LogP contribution in [0.3, 0.4) is 0 Å². The third-order valence-corrected chi connectivity index (χ3v) is 6.01. The van der Waals surface area contributed by atoms with E-state index in [1.165, 1.54) is 11.1 Å². The van der Waals surface area contributed by atoms with Crippen LogP contribution in [-0.4, -0.2) is 33.4 Å². The van der Waals surface area contributed by atoms with Crippen molar-refractivity contribution in [1.29, 1.82) is 0 Å². The van der Waals surface area contributed by atoms with E-state index in [-0.39, 0.29) is 11.8 Å². The van der Waals surface area contributed by atoms with Crippen molar-refractivity contribution in [3.8, 4) is 0 Å². The molecule has 2 aromatic carbocycles. The number of rotatable bonds is 5. The number of nitrogens with one attached hydrogen (secondary N) is 1. The summed E-state index contributed by atoms with van der Waals surface area (Å²) in [6, 6.07) is 14.5. The number of fused-ring (bicyclic) bond motifs is 1. The molecule has 0 radical (unpaired) electrons. The Kier molecular flexibility index (Phi) is 5.67. The van der Waals surface area contributed by atoms with Crippen LogP contribution in [-0.2, 0) is 17.9 Å². The van der Waals surface area contributed by atoms with E-state index in [0.717, 1.165) is 61.6 Å². The van der Waals surface area contributed by atoms with Crippen molar-refractivity contribution in [3.05, 3.63) is 59.4 Å². The first kappa shape index (κ1) is 19.6. The molecule has 152 valence electrons. The van der Waals surface area contributed by atoms with Crippen LogP contribution in [0.4, 0.5) is 5.69 Å². The number of nitrogens with zero attached hydrogens (tertiary/aromatic N) is 3. The summed E-state index contributed by atoms with van der Waals surface area (Å²) in [7, 11) is 0. The zero-order valence-electron chi connectivity index (χ0n) is 17.6. The Morgan fingerprint density at radius 2 is 1.90 bits per heavy atom. The van der Waals surface area contributed by atoms with Crippen LogP contribution < -0.4 is 5.32 Å². The Labute approximate surface area is 172 Å². The van der Waals surface area contributed by atoms with Gasteiger partial charge in [-0.1, -0.05) is 29.8 Å². The van der Waals surface area contributed by atoms with E-state index >= 15 is 0 Å². The van der Waals surface area contributed by atoms with Crippen LogP contribution in [0.15, 0.2) is 42.5 Å².